The molecule has 0 radical (unpaired) electrons. The van der Waals surface area contributed by atoms with Gasteiger partial charge in [0.1, 0.15) is 189 Å². The molecule has 30 aliphatic heterocycles. The van der Waals surface area contributed by atoms with Gasteiger partial charge in [-0.3, -0.25) is 4.79 Å². The number of carboxylic acids is 1. The van der Waals surface area contributed by atoms with E-state index in [0.717, 1.165) is 11.8 Å². The fourth-order valence-corrected chi connectivity index (χ4v) is 13.4. The van der Waals surface area contributed by atoms with Crippen LogP contribution in [0.4, 0.5) is 0 Å². The minimum absolute atomic E-state index is 0.103. The van der Waals surface area contributed by atoms with Crippen molar-refractivity contribution in [3.05, 3.63) is 0 Å². The first kappa shape index (κ1) is 76.4. The molecular formula is C52H86O41S. The lowest BCUT2D eigenvalue weighted by atomic mass is 9.95. The fraction of sp³-hybridized carbons (Fsp3) is 0.981. The first-order valence-corrected chi connectivity index (χ1v) is 31.3. The Morgan fingerprint density at radius 2 is 0.404 bits per heavy atom. The molecule has 0 aromatic heterocycles. The highest BCUT2D eigenvalue weighted by molar-refractivity contribution is 7.99. The number of aliphatic carboxylic acids is 1. The Kier molecular flexibility index (Phi) is 27.1. The van der Waals surface area contributed by atoms with Crippen molar-refractivity contribution in [1.29, 1.82) is 0 Å². The molecule has 24 N–H and O–H groups in total. The average Bonchev–Trinajstić information content (AvgIpc) is 0.784. The first-order valence-electron chi connectivity index (χ1n) is 30.2. The van der Waals surface area contributed by atoms with Crippen LogP contribution in [0.1, 0.15) is 12.8 Å². The van der Waals surface area contributed by atoms with Crippen LogP contribution in [-0.2, 0) is 80.6 Å². The minimum Gasteiger partial charge on any atom is -0.481 e. The SMILES string of the molecule is O=C(O)CCCSC[C@H]1O[C@@H]2O[C@H]3[C@H](O)[C@@H](O)[C@@H](O[C@H]4[C@H](O)[C@@H](O)[C@@H](O[C@H]5[C@H](O)[C@@H](O)[C@@H](O[C@H]6[C@H](O)[C@@H](O)[C@@H](O[C@H]7[C@H](O)[C@@H](O)[C@@H](O[C@H]8[C@H](O)[C@@H](O)[C@@H](O[C@H]9[C@H](O)[C@@H](O)[C@@H](O[C@H]1[C@H](O)[C@H]2O)O[C@@H]9CO)O[C@@H]8CO)O[C@@H]7CO)O[C@@H]6CO)O[C@@H]5CO)O[C@@H]4CO)O[C@@H]3CO. The van der Waals surface area contributed by atoms with E-state index in [1.165, 1.54) is 0 Å². The van der Waals surface area contributed by atoms with Crippen molar-refractivity contribution in [3.63, 3.8) is 0 Å². The predicted molar refractivity (Wildman–Crippen MR) is 288 cm³/mol. The Morgan fingerprint density at radius 1 is 0.245 bits per heavy atom. The number of carbonyl (C=O) groups is 1. The molecule has 0 amide bonds. The minimum atomic E-state index is -2.26. The Hall–Kier alpha value is -1.74. The van der Waals surface area contributed by atoms with Gasteiger partial charge in [-0.2, -0.15) is 11.8 Å². The lowest BCUT2D eigenvalue weighted by Crippen LogP contribution is -2.69. The summed E-state index contributed by atoms with van der Waals surface area (Å²) in [6.45, 7) is -7.59. The summed E-state index contributed by atoms with van der Waals surface area (Å²) < 4.78 is 92.4. The van der Waals surface area contributed by atoms with Gasteiger partial charge in [0.05, 0.1) is 52.4 Å². The summed E-state index contributed by atoms with van der Waals surface area (Å²) in [7, 11) is 0. The molecule has 30 fully saturated rings. The standard InChI is InChI=1S/C52H86O41S/c53-4-12-37-21(62)29(70)45(78-12)87-38-13(5-54)80-47(31(72)23(38)64)89-40-15(7-56)82-49(33(74)25(40)66)91-42-17(9-58)84-51(35(76)27(42)68)93-44-19(11-94-3-1-2-20(60)61)85-52(36(77)28(44)69)92-43-18(10-59)83-50(34(75)26(43)67)90-41-16(8-57)81-48(32(73)24(41)65)88-39-14(6-55)79-46(86-37)30(71)22(39)63/h12-19,21-59,62-77H,1-11H2,(H,60,61)/t12-,13-,14-,15-,16-,17-,18-,19-,21-,22-,23-,24-,25-,26-,27-,28-,29-,30-,31-,32-,33-,34-,35-,36-,37-,38-,39-,40-,41-,42-,43-,44-,45-,46-,47-,48-,49-,50-,51-,52-/m1/s1. The van der Waals surface area contributed by atoms with Crippen LogP contribution in [0.25, 0.3) is 0 Å². The molecule has 30 heterocycles. The maximum Gasteiger partial charge on any atom is 0.303 e. The molecule has 546 valence electrons. The lowest BCUT2D eigenvalue weighted by Gasteiger charge is -2.50. The second kappa shape index (κ2) is 33.4. The van der Waals surface area contributed by atoms with Crippen molar-refractivity contribution >= 4 is 17.7 Å². The van der Waals surface area contributed by atoms with E-state index in [2.05, 4.69) is 0 Å². The van der Waals surface area contributed by atoms with Gasteiger partial charge in [0.2, 0.25) is 0 Å². The topological polar surface area (TPSA) is 650 Å². The summed E-state index contributed by atoms with van der Waals surface area (Å²) in [6.07, 6.45) is -81.9. The van der Waals surface area contributed by atoms with E-state index in [0.29, 0.717) is 0 Å². The first-order chi connectivity index (χ1) is 44.7. The van der Waals surface area contributed by atoms with Crippen LogP contribution in [0.3, 0.4) is 0 Å². The van der Waals surface area contributed by atoms with E-state index in [4.69, 9.17) is 75.8 Å². The average molecular weight is 1400 g/mol. The van der Waals surface area contributed by atoms with E-state index < -0.39 is 298 Å². The molecule has 0 unspecified atom stereocenters. The van der Waals surface area contributed by atoms with Gasteiger partial charge < -0.3 is 198 Å². The summed E-state index contributed by atoms with van der Waals surface area (Å²) >= 11 is 1.03. The van der Waals surface area contributed by atoms with Gasteiger partial charge in [-0.05, 0) is 12.2 Å². The zero-order valence-electron chi connectivity index (χ0n) is 49.5. The van der Waals surface area contributed by atoms with E-state index >= 15 is 0 Å². The molecule has 0 saturated carbocycles. The van der Waals surface area contributed by atoms with Crippen molar-refractivity contribution < 1.29 is 203 Å². The fourth-order valence-electron chi connectivity index (χ4n) is 12.4. The quantitative estimate of drug-likeness (QED) is 0.0762. The molecule has 0 aliphatic carbocycles. The third-order valence-electron chi connectivity index (χ3n) is 17.7. The summed E-state index contributed by atoms with van der Waals surface area (Å²) in [5.74, 6) is -1.24. The number of aliphatic hydroxyl groups excluding tert-OH is 23. The van der Waals surface area contributed by atoms with Crippen LogP contribution in [-0.4, -0.2) is 432 Å². The smallest absolute Gasteiger partial charge is 0.303 e. The molecule has 30 rings (SSSR count). The number of rotatable bonds is 13. The van der Waals surface area contributed by atoms with Crippen molar-refractivity contribution in [2.24, 2.45) is 0 Å². The molecule has 41 nitrogen and oxygen atoms in total. The summed E-state index contributed by atoms with van der Waals surface area (Å²) in [5.41, 5.74) is 0. The molecule has 0 aromatic carbocycles. The van der Waals surface area contributed by atoms with Gasteiger partial charge in [-0.1, -0.05) is 0 Å². The zero-order chi connectivity index (χ0) is 68.5. The Balaban J connectivity index is 0.990. The largest absolute Gasteiger partial charge is 0.481 e. The number of hydrogen-bond donors (Lipinski definition) is 24. The monoisotopic (exact) mass is 1400 g/mol. The molecule has 30 saturated heterocycles. The van der Waals surface area contributed by atoms with Crippen LogP contribution >= 0.6 is 11.8 Å². The van der Waals surface area contributed by atoms with E-state index in [9.17, 15) is 127 Å². The summed E-state index contributed by atoms with van der Waals surface area (Å²) in [6, 6.07) is 0. The maximum absolute atomic E-state index is 11.8. The zero-order valence-corrected chi connectivity index (χ0v) is 50.3. The van der Waals surface area contributed by atoms with Gasteiger partial charge in [0, 0.05) is 12.2 Å². The highest BCUT2D eigenvalue weighted by Crippen LogP contribution is 2.40. The molecule has 42 heteroatoms. The van der Waals surface area contributed by atoms with E-state index in [1.54, 1.807) is 0 Å². The molecule has 0 aromatic rings. The highest BCUT2D eigenvalue weighted by Gasteiger charge is 2.60. The number of carboxylic acid groups (broad SMARTS) is 1. The number of ether oxygens (including phenoxy) is 16. The van der Waals surface area contributed by atoms with Gasteiger partial charge >= 0.3 is 5.97 Å². The Bertz CT molecular complexity index is 2310. The van der Waals surface area contributed by atoms with Crippen molar-refractivity contribution in [2.45, 2.75) is 258 Å². The van der Waals surface area contributed by atoms with Crippen LogP contribution in [0, 0.1) is 0 Å². The van der Waals surface area contributed by atoms with Crippen molar-refractivity contribution in [1.82, 2.24) is 0 Å². The van der Waals surface area contributed by atoms with Gasteiger partial charge in [-0.15, -0.1) is 0 Å². The molecule has 0 spiro atoms. The second-order valence-electron chi connectivity index (χ2n) is 23.8. The van der Waals surface area contributed by atoms with Crippen LogP contribution in [0.5, 0.6) is 0 Å². The normalized spacial score (nSPS) is 52.5. The number of aliphatic hydroxyl groups is 23. The summed E-state index contributed by atoms with van der Waals surface area (Å²) in [5, 5.41) is 266. The van der Waals surface area contributed by atoms with E-state index in [-0.39, 0.29) is 24.3 Å². The van der Waals surface area contributed by atoms with Crippen molar-refractivity contribution in [3.8, 4) is 0 Å². The van der Waals surface area contributed by atoms with Crippen LogP contribution < -0.4 is 0 Å². The maximum atomic E-state index is 11.8. The number of hydrogen-bond acceptors (Lipinski definition) is 41. The van der Waals surface area contributed by atoms with Gasteiger partial charge in [-0.25, -0.2) is 0 Å². The van der Waals surface area contributed by atoms with Crippen molar-refractivity contribution in [2.75, 3.05) is 57.8 Å². The molecule has 16 bridgehead atoms. The third-order valence-corrected chi connectivity index (χ3v) is 18.8. The lowest BCUT2D eigenvalue weighted by molar-refractivity contribution is -0.403. The predicted octanol–water partition coefficient (Wildman–Crippen LogP) is -15.8. The molecule has 30 aliphatic rings. The van der Waals surface area contributed by atoms with Gasteiger partial charge in [0.15, 0.2) is 50.3 Å². The summed E-state index contributed by atoms with van der Waals surface area (Å²) in [4.78, 5) is 11.3. The Morgan fingerprint density at radius 3 is 0.564 bits per heavy atom. The molecular weight excluding hydrogens is 1310 g/mol. The number of thioether (sulfide) groups is 1. The second-order valence-corrected chi connectivity index (χ2v) is 25.0. The van der Waals surface area contributed by atoms with E-state index in [1.807, 2.05) is 0 Å². The van der Waals surface area contributed by atoms with Gasteiger partial charge in [0.25, 0.3) is 0 Å². The van der Waals surface area contributed by atoms with Crippen LogP contribution in [0.2, 0.25) is 0 Å². The Labute approximate surface area is 535 Å². The molecule has 40 atom stereocenters. The third kappa shape index (κ3) is 16.0. The van der Waals surface area contributed by atoms with Crippen LogP contribution in [0.15, 0.2) is 0 Å². The molecule has 94 heavy (non-hydrogen) atoms. The highest BCUT2D eigenvalue weighted by atomic mass is 32.2.